The van der Waals surface area contributed by atoms with Crippen molar-refractivity contribution in [3.63, 3.8) is 0 Å². The van der Waals surface area contributed by atoms with Gasteiger partial charge in [-0.25, -0.2) is 4.79 Å². The molecule has 0 radical (unpaired) electrons. The number of hydrogen-bond acceptors (Lipinski definition) is 4. The van der Waals surface area contributed by atoms with Crippen LogP contribution in [0, 0.1) is 5.41 Å². The number of benzene rings is 1. The van der Waals surface area contributed by atoms with Crippen molar-refractivity contribution in [2.45, 2.75) is 39.7 Å². The number of hydrogen-bond donors (Lipinski definition) is 2. The number of anilines is 1. The van der Waals surface area contributed by atoms with Gasteiger partial charge in [0.2, 0.25) is 0 Å². The van der Waals surface area contributed by atoms with Crippen LogP contribution in [0.5, 0.6) is 0 Å². The molecule has 1 aromatic carbocycles. The summed E-state index contributed by atoms with van der Waals surface area (Å²) in [5.74, 6) is 0. The number of nitrogens with one attached hydrogen (secondary N) is 1. The number of aliphatic hydroxyl groups excluding tert-OH is 1. The van der Waals surface area contributed by atoms with E-state index in [1.807, 2.05) is 18.2 Å². The van der Waals surface area contributed by atoms with Crippen LogP contribution in [-0.4, -0.2) is 37.5 Å². The lowest BCUT2D eigenvalue weighted by Gasteiger charge is -2.22. The normalized spacial score (nSPS) is 16.5. The van der Waals surface area contributed by atoms with E-state index in [0.29, 0.717) is 13.2 Å². The smallest absolute Gasteiger partial charge is 0.414 e. The molecule has 0 spiro atoms. The number of aliphatic hydroxyl groups is 1. The maximum atomic E-state index is 11.7. The van der Waals surface area contributed by atoms with Gasteiger partial charge < -0.3 is 15.2 Å². The highest BCUT2D eigenvalue weighted by molar-refractivity contribution is 5.89. The van der Waals surface area contributed by atoms with Crippen molar-refractivity contribution in [1.29, 1.82) is 0 Å². The van der Waals surface area contributed by atoms with Crippen molar-refractivity contribution in [1.82, 2.24) is 5.32 Å². The molecule has 0 aliphatic carbocycles. The Hall–Kier alpha value is -1.59. The van der Waals surface area contributed by atoms with Gasteiger partial charge in [0.05, 0.1) is 6.54 Å². The fourth-order valence-corrected chi connectivity index (χ4v) is 2.67. The molecule has 1 atom stereocenters. The fourth-order valence-electron chi connectivity index (χ4n) is 2.67. The number of carbonyl (C=O) groups excluding carboxylic acids is 1. The summed E-state index contributed by atoms with van der Waals surface area (Å²) in [5.41, 5.74) is 2.03. The standard InChI is InChI=1S/C18H28N2O3/c1-14(19-9-5-8-18(2,3)13-21)15-6-4-7-16(12-15)20-10-11-23-17(20)22/h4,6-7,12,14,19,21H,5,8-11,13H2,1-3H3. The minimum absolute atomic E-state index is 0.0129. The Morgan fingerprint density at radius 1 is 1.43 bits per heavy atom. The van der Waals surface area contributed by atoms with Crippen LogP contribution in [0.4, 0.5) is 10.5 Å². The zero-order valence-electron chi connectivity index (χ0n) is 14.3. The van der Waals surface area contributed by atoms with Gasteiger partial charge in [0.15, 0.2) is 0 Å². The predicted octanol–water partition coefficient (Wildman–Crippen LogP) is 3.09. The lowest BCUT2D eigenvalue weighted by atomic mass is 9.89. The van der Waals surface area contributed by atoms with Crippen LogP contribution in [0.3, 0.4) is 0 Å². The maximum Gasteiger partial charge on any atom is 0.414 e. The first kappa shape index (κ1) is 17.8. The summed E-state index contributed by atoms with van der Waals surface area (Å²) < 4.78 is 4.99. The van der Waals surface area contributed by atoms with E-state index in [1.54, 1.807) is 4.90 Å². The monoisotopic (exact) mass is 320 g/mol. The molecular weight excluding hydrogens is 292 g/mol. The largest absolute Gasteiger partial charge is 0.447 e. The van der Waals surface area contributed by atoms with Gasteiger partial charge in [0.1, 0.15) is 6.61 Å². The molecule has 0 saturated carbocycles. The van der Waals surface area contributed by atoms with E-state index in [9.17, 15) is 9.90 Å². The summed E-state index contributed by atoms with van der Waals surface area (Å²) in [6.45, 7) is 8.47. The van der Waals surface area contributed by atoms with Crippen LogP contribution >= 0.6 is 0 Å². The molecule has 1 fully saturated rings. The highest BCUT2D eigenvalue weighted by Crippen LogP contribution is 2.24. The summed E-state index contributed by atoms with van der Waals surface area (Å²) in [5, 5.41) is 12.8. The molecule has 23 heavy (non-hydrogen) atoms. The highest BCUT2D eigenvalue weighted by Gasteiger charge is 2.23. The third kappa shape index (κ3) is 4.94. The number of carbonyl (C=O) groups is 1. The molecule has 0 bridgehead atoms. The van der Waals surface area contributed by atoms with E-state index < -0.39 is 0 Å². The van der Waals surface area contributed by atoms with Gasteiger partial charge in [-0.05, 0) is 49.4 Å². The van der Waals surface area contributed by atoms with Crippen molar-refractivity contribution >= 4 is 11.8 Å². The van der Waals surface area contributed by atoms with Crippen LogP contribution in [0.25, 0.3) is 0 Å². The topological polar surface area (TPSA) is 61.8 Å². The molecule has 0 aromatic heterocycles. The second-order valence-electron chi connectivity index (χ2n) is 6.96. The Labute approximate surface area is 138 Å². The van der Waals surface area contributed by atoms with E-state index in [0.717, 1.165) is 30.6 Å². The number of cyclic esters (lactones) is 1. The average Bonchev–Trinajstić information content (AvgIpc) is 2.97. The molecule has 2 rings (SSSR count). The Kier molecular flexibility index (Phi) is 6.02. The van der Waals surface area contributed by atoms with Crippen molar-refractivity contribution in [2.24, 2.45) is 5.41 Å². The molecule has 1 amide bonds. The van der Waals surface area contributed by atoms with Gasteiger partial charge >= 0.3 is 6.09 Å². The minimum Gasteiger partial charge on any atom is -0.447 e. The first-order valence-electron chi connectivity index (χ1n) is 8.31. The Morgan fingerprint density at radius 3 is 2.87 bits per heavy atom. The van der Waals surface area contributed by atoms with Gasteiger partial charge in [-0.2, -0.15) is 0 Å². The molecule has 1 aliphatic heterocycles. The second kappa shape index (κ2) is 7.79. The summed E-state index contributed by atoms with van der Waals surface area (Å²) >= 11 is 0. The molecule has 2 N–H and O–H groups in total. The molecule has 1 unspecified atom stereocenters. The number of rotatable bonds is 8. The van der Waals surface area contributed by atoms with Crippen LogP contribution in [0.15, 0.2) is 24.3 Å². The van der Waals surface area contributed by atoms with Crippen molar-refractivity contribution in [3.8, 4) is 0 Å². The molecule has 128 valence electrons. The third-order valence-corrected chi connectivity index (χ3v) is 4.35. The van der Waals surface area contributed by atoms with E-state index in [4.69, 9.17) is 4.74 Å². The van der Waals surface area contributed by atoms with Gasteiger partial charge in [-0.3, -0.25) is 4.90 Å². The minimum atomic E-state index is -0.269. The molecule has 1 heterocycles. The Bertz CT molecular complexity index is 531. The fraction of sp³-hybridized carbons (Fsp3) is 0.611. The zero-order chi connectivity index (χ0) is 16.9. The SMILES string of the molecule is CC(NCCCC(C)(C)CO)c1cccc(N2CCOC2=O)c1. The van der Waals surface area contributed by atoms with Crippen LogP contribution < -0.4 is 10.2 Å². The summed E-state index contributed by atoms with van der Waals surface area (Å²) in [6, 6.07) is 8.24. The summed E-state index contributed by atoms with van der Waals surface area (Å²) in [4.78, 5) is 13.3. The van der Waals surface area contributed by atoms with E-state index in [1.165, 1.54) is 0 Å². The van der Waals surface area contributed by atoms with Gasteiger partial charge in [0.25, 0.3) is 0 Å². The summed E-state index contributed by atoms with van der Waals surface area (Å²) in [7, 11) is 0. The lowest BCUT2D eigenvalue weighted by Crippen LogP contribution is -2.25. The molecule has 5 nitrogen and oxygen atoms in total. The van der Waals surface area contributed by atoms with Crippen LogP contribution in [-0.2, 0) is 4.74 Å². The number of ether oxygens (including phenoxy) is 1. The van der Waals surface area contributed by atoms with Crippen molar-refractivity contribution in [2.75, 3.05) is 31.2 Å². The molecular formula is C18H28N2O3. The first-order valence-corrected chi connectivity index (χ1v) is 8.31. The number of amides is 1. The third-order valence-electron chi connectivity index (χ3n) is 4.35. The van der Waals surface area contributed by atoms with Crippen molar-refractivity contribution < 1.29 is 14.6 Å². The van der Waals surface area contributed by atoms with Crippen molar-refractivity contribution in [3.05, 3.63) is 29.8 Å². The van der Waals surface area contributed by atoms with Crippen LogP contribution in [0.2, 0.25) is 0 Å². The average molecular weight is 320 g/mol. The highest BCUT2D eigenvalue weighted by atomic mass is 16.6. The molecule has 1 aromatic rings. The van der Waals surface area contributed by atoms with Gasteiger partial charge in [0, 0.05) is 18.3 Å². The van der Waals surface area contributed by atoms with Crippen LogP contribution in [0.1, 0.15) is 45.2 Å². The Balaban J connectivity index is 1.87. The van der Waals surface area contributed by atoms with Gasteiger partial charge in [-0.1, -0.05) is 26.0 Å². The van der Waals surface area contributed by atoms with E-state index in [-0.39, 0.29) is 24.2 Å². The quantitative estimate of drug-likeness (QED) is 0.723. The zero-order valence-corrected chi connectivity index (χ0v) is 14.3. The molecule has 5 heteroatoms. The summed E-state index contributed by atoms with van der Waals surface area (Å²) in [6.07, 6.45) is 1.74. The predicted molar refractivity (Wildman–Crippen MR) is 91.7 cm³/mol. The number of nitrogens with zero attached hydrogens (tertiary/aromatic N) is 1. The van der Waals surface area contributed by atoms with E-state index >= 15 is 0 Å². The Morgan fingerprint density at radius 2 is 2.22 bits per heavy atom. The van der Waals surface area contributed by atoms with E-state index in [2.05, 4.69) is 32.2 Å². The second-order valence-corrected chi connectivity index (χ2v) is 6.96. The lowest BCUT2D eigenvalue weighted by molar-refractivity contribution is 0.147. The molecule has 1 aliphatic rings. The molecule has 1 saturated heterocycles. The maximum absolute atomic E-state index is 11.7. The van der Waals surface area contributed by atoms with Gasteiger partial charge in [-0.15, -0.1) is 0 Å². The first-order chi connectivity index (χ1) is 10.9.